The van der Waals surface area contributed by atoms with Crippen LogP contribution < -0.4 is 0 Å². The third kappa shape index (κ3) is 4.03. The molecule has 0 fully saturated rings. The van der Waals surface area contributed by atoms with Gasteiger partial charge in [0.1, 0.15) is 4.75 Å². The first-order valence-electron chi connectivity index (χ1n) is 8.18. The molecule has 3 rings (SSSR count). The average molecular weight is 368 g/mol. The van der Waals surface area contributed by atoms with Gasteiger partial charge in [0.05, 0.1) is 11.6 Å². The predicted octanol–water partition coefficient (Wildman–Crippen LogP) is 4.25. The zero-order valence-electron chi connectivity index (χ0n) is 15.1. The number of aliphatic carboxylic acids is 1. The van der Waals surface area contributed by atoms with E-state index in [0.29, 0.717) is 17.0 Å². The van der Waals surface area contributed by atoms with Crippen LogP contribution in [0.5, 0.6) is 0 Å². The number of aromatic nitrogens is 3. The van der Waals surface area contributed by atoms with Crippen molar-refractivity contribution >= 4 is 23.4 Å². The molecule has 1 aromatic carbocycles. The second-order valence-electron chi connectivity index (χ2n) is 5.72. The van der Waals surface area contributed by atoms with Gasteiger partial charge in [-0.3, -0.25) is 9.20 Å². The molecule has 26 heavy (non-hydrogen) atoms. The number of carboxylic acids is 1. The van der Waals surface area contributed by atoms with E-state index in [4.69, 9.17) is 5.26 Å². The maximum absolute atomic E-state index is 11.3. The molecule has 0 radical (unpaired) electrons. The van der Waals surface area contributed by atoms with Gasteiger partial charge in [-0.25, -0.2) is 0 Å². The normalized spacial score (nSPS) is 10.7. The standard InChI is InChI=1S/C17H14N4O2S.C2H6/c1-17(2,16(22)23)24-13-7-8-14-19-20-15(21(14)10-13)12-5-3-11(9-18)4-6-12;1-2/h3-8,10H,1-2H3,(H,22,23);1-2H3. The summed E-state index contributed by atoms with van der Waals surface area (Å²) >= 11 is 1.26. The molecule has 6 nitrogen and oxygen atoms in total. The number of fused-ring (bicyclic) bond motifs is 1. The molecular formula is C19H20N4O2S. The summed E-state index contributed by atoms with van der Waals surface area (Å²) in [5.41, 5.74) is 2.08. The zero-order chi connectivity index (χ0) is 19.3. The smallest absolute Gasteiger partial charge is 0.319 e. The third-order valence-corrected chi connectivity index (χ3v) is 4.70. The van der Waals surface area contributed by atoms with Crippen LogP contribution in [0.25, 0.3) is 17.0 Å². The fourth-order valence-electron chi connectivity index (χ4n) is 2.16. The van der Waals surface area contributed by atoms with Crippen LogP contribution in [-0.2, 0) is 4.79 Å². The molecule has 0 atom stereocenters. The highest BCUT2D eigenvalue weighted by molar-refractivity contribution is 8.01. The number of pyridine rings is 1. The summed E-state index contributed by atoms with van der Waals surface area (Å²) in [6.07, 6.45) is 1.83. The Morgan fingerprint density at radius 2 is 1.81 bits per heavy atom. The van der Waals surface area contributed by atoms with Crippen molar-refractivity contribution < 1.29 is 9.90 Å². The lowest BCUT2D eigenvalue weighted by atomic mass is 10.1. The van der Waals surface area contributed by atoms with Crippen LogP contribution in [-0.4, -0.2) is 30.4 Å². The summed E-state index contributed by atoms with van der Waals surface area (Å²) < 4.78 is 0.887. The molecular weight excluding hydrogens is 348 g/mol. The molecule has 0 aliphatic rings. The van der Waals surface area contributed by atoms with E-state index in [9.17, 15) is 9.90 Å². The fraction of sp³-hybridized carbons (Fsp3) is 0.263. The van der Waals surface area contributed by atoms with Crippen LogP contribution in [0.2, 0.25) is 0 Å². The highest BCUT2D eigenvalue weighted by atomic mass is 32.2. The lowest BCUT2D eigenvalue weighted by Crippen LogP contribution is -2.26. The minimum Gasteiger partial charge on any atom is -0.480 e. The second-order valence-corrected chi connectivity index (χ2v) is 7.42. The van der Waals surface area contributed by atoms with Crippen LogP contribution >= 0.6 is 11.8 Å². The number of nitrogens with zero attached hydrogens (tertiary/aromatic N) is 4. The Kier molecular flexibility index (Phi) is 6.01. The van der Waals surface area contributed by atoms with Crippen LogP contribution in [0.1, 0.15) is 33.3 Å². The first-order valence-corrected chi connectivity index (χ1v) is 9.00. The molecule has 0 aliphatic heterocycles. The maximum atomic E-state index is 11.3. The van der Waals surface area contributed by atoms with Crippen molar-refractivity contribution in [3.8, 4) is 17.5 Å². The Bertz CT molecular complexity index is 956. The van der Waals surface area contributed by atoms with E-state index < -0.39 is 10.7 Å². The van der Waals surface area contributed by atoms with E-state index in [1.54, 1.807) is 32.0 Å². The van der Waals surface area contributed by atoms with Crippen LogP contribution in [0, 0.1) is 11.3 Å². The summed E-state index contributed by atoms with van der Waals surface area (Å²) in [7, 11) is 0. The zero-order valence-corrected chi connectivity index (χ0v) is 15.9. The summed E-state index contributed by atoms with van der Waals surface area (Å²) in [6.45, 7) is 7.33. The monoisotopic (exact) mass is 368 g/mol. The summed E-state index contributed by atoms with van der Waals surface area (Å²) in [4.78, 5) is 12.1. The Morgan fingerprint density at radius 3 is 2.38 bits per heavy atom. The van der Waals surface area contributed by atoms with Crippen molar-refractivity contribution in [3.05, 3.63) is 48.2 Å². The Hall–Kier alpha value is -2.85. The highest BCUT2D eigenvalue weighted by Crippen LogP contribution is 2.33. The Labute approximate surface area is 156 Å². The molecule has 2 heterocycles. The van der Waals surface area contributed by atoms with E-state index in [1.807, 2.05) is 42.6 Å². The molecule has 0 amide bonds. The molecule has 0 unspecified atom stereocenters. The summed E-state index contributed by atoms with van der Waals surface area (Å²) in [5, 5.41) is 26.5. The molecule has 0 spiro atoms. The number of hydrogen-bond donors (Lipinski definition) is 1. The Morgan fingerprint density at radius 1 is 1.15 bits per heavy atom. The number of hydrogen-bond acceptors (Lipinski definition) is 5. The third-order valence-electron chi connectivity index (χ3n) is 3.54. The summed E-state index contributed by atoms with van der Waals surface area (Å²) in [5.74, 6) is -0.228. The number of rotatable bonds is 4. The van der Waals surface area contributed by atoms with Gasteiger partial charge < -0.3 is 5.11 Å². The van der Waals surface area contributed by atoms with Gasteiger partial charge in [-0.05, 0) is 50.2 Å². The van der Waals surface area contributed by atoms with Gasteiger partial charge in [-0.15, -0.1) is 22.0 Å². The molecule has 1 N–H and O–H groups in total. The molecule has 134 valence electrons. The number of carbonyl (C=O) groups is 1. The van der Waals surface area contributed by atoms with Crippen LogP contribution in [0.15, 0.2) is 47.5 Å². The lowest BCUT2D eigenvalue weighted by molar-refractivity contribution is -0.138. The van der Waals surface area contributed by atoms with Gasteiger partial charge in [-0.2, -0.15) is 5.26 Å². The van der Waals surface area contributed by atoms with Crippen molar-refractivity contribution in [1.29, 1.82) is 5.26 Å². The number of carboxylic acid groups (broad SMARTS) is 1. The van der Waals surface area contributed by atoms with E-state index in [-0.39, 0.29) is 0 Å². The van der Waals surface area contributed by atoms with Crippen molar-refractivity contribution in [2.75, 3.05) is 0 Å². The van der Waals surface area contributed by atoms with Gasteiger partial charge >= 0.3 is 5.97 Å². The van der Waals surface area contributed by atoms with E-state index in [2.05, 4.69) is 16.3 Å². The molecule has 0 saturated carbocycles. The van der Waals surface area contributed by atoms with E-state index >= 15 is 0 Å². The maximum Gasteiger partial charge on any atom is 0.319 e. The minimum atomic E-state index is -0.934. The molecule has 0 bridgehead atoms. The minimum absolute atomic E-state index is 0.576. The van der Waals surface area contributed by atoms with Crippen molar-refractivity contribution in [2.45, 2.75) is 37.3 Å². The highest BCUT2D eigenvalue weighted by Gasteiger charge is 2.28. The number of thioether (sulfide) groups is 1. The molecule has 0 aliphatic carbocycles. The van der Waals surface area contributed by atoms with Crippen LogP contribution in [0.4, 0.5) is 0 Å². The molecule has 3 aromatic rings. The summed E-state index contributed by atoms with van der Waals surface area (Å²) in [6, 6.07) is 12.8. The fourth-order valence-corrected chi connectivity index (χ4v) is 3.13. The SMILES string of the molecule is CC.CC(C)(Sc1ccc2nnc(-c3ccc(C#N)cc3)n2c1)C(=O)O. The van der Waals surface area contributed by atoms with Crippen molar-refractivity contribution in [2.24, 2.45) is 0 Å². The van der Waals surface area contributed by atoms with E-state index in [0.717, 1.165) is 10.5 Å². The largest absolute Gasteiger partial charge is 0.480 e. The Balaban J connectivity index is 0.00000117. The quantitative estimate of drug-likeness (QED) is 0.692. The topological polar surface area (TPSA) is 91.3 Å². The van der Waals surface area contributed by atoms with Crippen molar-refractivity contribution in [3.63, 3.8) is 0 Å². The first kappa shape index (κ1) is 19.5. The van der Waals surface area contributed by atoms with Gasteiger partial charge in [-0.1, -0.05) is 13.8 Å². The second kappa shape index (κ2) is 8.02. The van der Waals surface area contributed by atoms with Gasteiger partial charge in [0.25, 0.3) is 0 Å². The number of nitriles is 1. The predicted molar refractivity (Wildman–Crippen MR) is 102 cm³/mol. The van der Waals surface area contributed by atoms with Gasteiger partial charge in [0, 0.05) is 16.7 Å². The molecule has 0 saturated heterocycles. The molecule has 2 aromatic heterocycles. The lowest BCUT2D eigenvalue weighted by Gasteiger charge is -2.18. The van der Waals surface area contributed by atoms with Crippen LogP contribution in [0.3, 0.4) is 0 Å². The van der Waals surface area contributed by atoms with Crippen molar-refractivity contribution in [1.82, 2.24) is 14.6 Å². The average Bonchev–Trinajstić information content (AvgIpc) is 3.06. The molecule has 7 heteroatoms. The van der Waals surface area contributed by atoms with Gasteiger partial charge in [0.15, 0.2) is 11.5 Å². The van der Waals surface area contributed by atoms with E-state index in [1.165, 1.54) is 11.8 Å². The number of benzene rings is 1. The first-order chi connectivity index (χ1) is 12.4. The van der Waals surface area contributed by atoms with Gasteiger partial charge in [0.2, 0.25) is 0 Å².